The van der Waals surface area contributed by atoms with Crippen molar-refractivity contribution in [1.29, 1.82) is 0 Å². The van der Waals surface area contributed by atoms with Gasteiger partial charge in [0, 0.05) is 33.0 Å². The Balaban J connectivity index is 1.55. The summed E-state index contributed by atoms with van der Waals surface area (Å²) in [5.41, 5.74) is 8.14. The fourth-order valence-corrected chi connectivity index (χ4v) is 5.59. The van der Waals surface area contributed by atoms with Crippen LogP contribution in [0.4, 0.5) is 0 Å². The predicted octanol–water partition coefficient (Wildman–Crippen LogP) is 8.68. The highest BCUT2D eigenvalue weighted by molar-refractivity contribution is 6.08. The molecule has 0 fully saturated rings. The van der Waals surface area contributed by atoms with Crippen molar-refractivity contribution in [2.24, 2.45) is 0 Å². The molecule has 4 heteroatoms. The second kappa shape index (κ2) is 8.15. The lowest BCUT2D eigenvalue weighted by molar-refractivity contribution is 0.487. The van der Waals surface area contributed by atoms with Crippen LogP contribution in [0.5, 0.6) is 11.5 Å². The monoisotopic (exact) mass is 487 g/mol. The molecular formula is C34H21N3O. The SMILES string of the molecule is c1ccc(-c2nc(-n3c4c(c5ccccc53)-c3ccccc3Oc3ccccc3-4)nc3ccccc23)cc1. The van der Waals surface area contributed by atoms with E-state index in [0.29, 0.717) is 5.95 Å². The van der Waals surface area contributed by atoms with Crippen LogP contribution in [0.15, 0.2) is 127 Å². The maximum atomic E-state index is 6.49. The molecule has 4 nitrogen and oxygen atoms in total. The third-order valence-corrected chi connectivity index (χ3v) is 7.23. The topological polar surface area (TPSA) is 39.9 Å². The highest BCUT2D eigenvalue weighted by Gasteiger charge is 2.29. The van der Waals surface area contributed by atoms with Gasteiger partial charge in [-0.05, 0) is 30.3 Å². The lowest BCUT2D eigenvalue weighted by Gasteiger charge is -2.14. The number of fused-ring (bicyclic) bond motifs is 8. The largest absolute Gasteiger partial charge is 0.456 e. The molecule has 3 heterocycles. The zero-order chi connectivity index (χ0) is 25.1. The molecule has 0 unspecified atom stereocenters. The number of benzene rings is 5. The molecule has 0 spiro atoms. The molecular weight excluding hydrogens is 466 g/mol. The van der Waals surface area contributed by atoms with Gasteiger partial charge in [0.2, 0.25) is 5.95 Å². The molecule has 0 N–H and O–H groups in total. The van der Waals surface area contributed by atoms with E-state index in [1.807, 2.05) is 54.6 Å². The van der Waals surface area contributed by atoms with E-state index >= 15 is 0 Å². The van der Waals surface area contributed by atoms with E-state index in [4.69, 9.17) is 14.7 Å². The van der Waals surface area contributed by atoms with Gasteiger partial charge in [-0.15, -0.1) is 0 Å². The van der Waals surface area contributed by atoms with Crippen LogP contribution in [-0.2, 0) is 0 Å². The predicted molar refractivity (Wildman–Crippen MR) is 153 cm³/mol. The lowest BCUT2D eigenvalue weighted by atomic mass is 9.98. The maximum Gasteiger partial charge on any atom is 0.235 e. The summed E-state index contributed by atoms with van der Waals surface area (Å²) in [5, 5.41) is 2.16. The lowest BCUT2D eigenvalue weighted by Crippen LogP contribution is -2.05. The van der Waals surface area contributed by atoms with E-state index in [9.17, 15) is 0 Å². The van der Waals surface area contributed by atoms with E-state index in [0.717, 1.165) is 66.9 Å². The first-order valence-electron chi connectivity index (χ1n) is 12.7. The van der Waals surface area contributed by atoms with Crippen molar-refractivity contribution < 1.29 is 4.74 Å². The summed E-state index contributed by atoms with van der Waals surface area (Å²) in [7, 11) is 0. The van der Waals surface area contributed by atoms with Crippen molar-refractivity contribution in [3.8, 4) is 51.1 Å². The van der Waals surface area contributed by atoms with Crippen molar-refractivity contribution in [1.82, 2.24) is 14.5 Å². The second-order valence-electron chi connectivity index (χ2n) is 9.43. The Morgan fingerprint density at radius 1 is 0.526 bits per heavy atom. The van der Waals surface area contributed by atoms with Crippen LogP contribution in [-0.4, -0.2) is 14.5 Å². The maximum absolute atomic E-state index is 6.49. The van der Waals surface area contributed by atoms with Gasteiger partial charge >= 0.3 is 0 Å². The van der Waals surface area contributed by atoms with Gasteiger partial charge in [-0.1, -0.05) is 97.1 Å². The smallest absolute Gasteiger partial charge is 0.235 e. The minimum Gasteiger partial charge on any atom is -0.456 e. The minimum atomic E-state index is 0.634. The van der Waals surface area contributed by atoms with Crippen LogP contribution in [0, 0.1) is 0 Å². The van der Waals surface area contributed by atoms with Gasteiger partial charge in [0.15, 0.2) is 0 Å². The summed E-state index contributed by atoms with van der Waals surface area (Å²) < 4.78 is 8.69. The third-order valence-electron chi connectivity index (χ3n) is 7.23. The normalized spacial score (nSPS) is 11.9. The molecule has 5 aromatic carbocycles. The van der Waals surface area contributed by atoms with Crippen molar-refractivity contribution in [3.05, 3.63) is 127 Å². The highest BCUT2D eigenvalue weighted by Crippen LogP contribution is 2.51. The number of rotatable bonds is 2. The standard InChI is InChI=1S/C34H21N3O/c1-2-12-22(13-3-1)32-23-14-4-8-18-27(23)35-34(36-32)37-28-19-9-5-15-24(28)31-25-16-6-10-20-29(25)38-30-21-11-7-17-26(30)33(31)37/h1-21H. The molecule has 0 amide bonds. The number of hydrogen-bond acceptors (Lipinski definition) is 3. The van der Waals surface area contributed by atoms with Crippen LogP contribution < -0.4 is 4.74 Å². The van der Waals surface area contributed by atoms with Crippen molar-refractivity contribution >= 4 is 21.8 Å². The quantitative estimate of drug-likeness (QED) is 0.245. The molecule has 8 rings (SSSR count). The van der Waals surface area contributed by atoms with Gasteiger partial charge in [0.25, 0.3) is 0 Å². The summed E-state index contributed by atoms with van der Waals surface area (Å²) in [5.74, 6) is 2.28. The minimum absolute atomic E-state index is 0.634. The van der Waals surface area contributed by atoms with E-state index in [1.165, 1.54) is 0 Å². The van der Waals surface area contributed by atoms with E-state index in [-0.39, 0.29) is 0 Å². The summed E-state index contributed by atoms with van der Waals surface area (Å²) in [4.78, 5) is 10.4. The Kier molecular flexibility index (Phi) is 4.49. The van der Waals surface area contributed by atoms with Crippen LogP contribution in [0.25, 0.3) is 61.4 Å². The van der Waals surface area contributed by atoms with Crippen LogP contribution in [0.2, 0.25) is 0 Å². The Bertz CT molecular complexity index is 2010. The first kappa shape index (κ1) is 20.9. The van der Waals surface area contributed by atoms with Gasteiger partial charge in [-0.3, -0.25) is 4.57 Å². The van der Waals surface area contributed by atoms with Crippen LogP contribution in [0.3, 0.4) is 0 Å². The number of ether oxygens (including phenoxy) is 1. The Morgan fingerprint density at radius 3 is 2.00 bits per heavy atom. The number of aromatic nitrogens is 3. The zero-order valence-corrected chi connectivity index (χ0v) is 20.4. The van der Waals surface area contributed by atoms with Crippen LogP contribution in [0.1, 0.15) is 0 Å². The van der Waals surface area contributed by atoms with Gasteiger partial charge in [-0.2, -0.15) is 0 Å². The summed E-state index contributed by atoms with van der Waals surface area (Å²) in [6.07, 6.45) is 0. The Hall–Kier alpha value is -5.22. The molecule has 0 saturated carbocycles. The first-order chi connectivity index (χ1) is 18.9. The fraction of sp³-hybridized carbons (Fsp3) is 0. The molecule has 1 aliphatic rings. The van der Waals surface area contributed by atoms with Gasteiger partial charge in [0.1, 0.15) is 11.5 Å². The van der Waals surface area contributed by atoms with E-state index < -0.39 is 0 Å². The average Bonchev–Trinajstić information content (AvgIpc) is 3.25. The van der Waals surface area contributed by atoms with E-state index in [1.54, 1.807) is 0 Å². The molecule has 2 aromatic heterocycles. The van der Waals surface area contributed by atoms with Gasteiger partial charge < -0.3 is 4.74 Å². The van der Waals surface area contributed by atoms with Crippen molar-refractivity contribution in [2.45, 2.75) is 0 Å². The van der Waals surface area contributed by atoms with Gasteiger partial charge in [-0.25, -0.2) is 9.97 Å². The summed E-state index contributed by atoms with van der Waals surface area (Å²) in [6.45, 7) is 0. The fourth-order valence-electron chi connectivity index (χ4n) is 5.59. The zero-order valence-electron chi connectivity index (χ0n) is 20.4. The van der Waals surface area contributed by atoms with E-state index in [2.05, 4.69) is 77.4 Å². The summed E-state index contributed by atoms with van der Waals surface area (Å²) >= 11 is 0. The highest BCUT2D eigenvalue weighted by atomic mass is 16.5. The molecule has 7 aromatic rings. The molecule has 0 saturated heterocycles. The number of hydrogen-bond donors (Lipinski definition) is 0. The third kappa shape index (κ3) is 3.04. The molecule has 38 heavy (non-hydrogen) atoms. The molecule has 0 bridgehead atoms. The molecule has 178 valence electrons. The van der Waals surface area contributed by atoms with Crippen molar-refractivity contribution in [2.75, 3.05) is 0 Å². The number of para-hydroxylation sites is 4. The summed E-state index contributed by atoms with van der Waals surface area (Å²) in [6, 6.07) is 43.5. The molecule has 1 aliphatic heterocycles. The molecule has 0 radical (unpaired) electrons. The Morgan fingerprint density at radius 2 is 1.16 bits per heavy atom. The second-order valence-corrected chi connectivity index (χ2v) is 9.43. The number of nitrogens with zero attached hydrogens (tertiary/aromatic N) is 3. The molecule has 0 atom stereocenters. The average molecular weight is 488 g/mol. The Labute approximate surface area is 219 Å². The van der Waals surface area contributed by atoms with Crippen molar-refractivity contribution in [3.63, 3.8) is 0 Å². The molecule has 0 aliphatic carbocycles. The van der Waals surface area contributed by atoms with Gasteiger partial charge in [0.05, 0.1) is 22.4 Å². The van der Waals surface area contributed by atoms with Crippen LogP contribution >= 0.6 is 0 Å². The first-order valence-corrected chi connectivity index (χ1v) is 12.7.